The van der Waals surface area contributed by atoms with Crippen molar-refractivity contribution >= 4 is 11.3 Å². The quantitative estimate of drug-likeness (QED) is 0.857. The molecule has 17 heavy (non-hydrogen) atoms. The van der Waals surface area contributed by atoms with Crippen molar-refractivity contribution in [1.82, 2.24) is 20.1 Å². The summed E-state index contributed by atoms with van der Waals surface area (Å²) in [6.45, 7) is 6.02. The number of aromatic nitrogens is 3. The third kappa shape index (κ3) is 3.14. The zero-order valence-electron chi connectivity index (χ0n) is 10.3. The third-order valence-corrected chi connectivity index (χ3v) is 3.72. The summed E-state index contributed by atoms with van der Waals surface area (Å²) in [6, 6.07) is 4.60. The SMILES string of the molecule is CCCn1ncnc1CNC(C)c1cccs1. The van der Waals surface area contributed by atoms with E-state index < -0.39 is 0 Å². The maximum Gasteiger partial charge on any atom is 0.140 e. The molecule has 5 heteroatoms. The van der Waals surface area contributed by atoms with Crippen LogP contribution in [0.15, 0.2) is 23.8 Å². The lowest BCUT2D eigenvalue weighted by atomic mass is 10.3. The molecule has 2 heterocycles. The average Bonchev–Trinajstić information content (AvgIpc) is 2.97. The molecule has 92 valence electrons. The number of nitrogens with one attached hydrogen (secondary N) is 1. The van der Waals surface area contributed by atoms with Crippen LogP contribution in [0.25, 0.3) is 0 Å². The molecule has 2 aromatic heterocycles. The molecule has 1 unspecified atom stereocenters. The van der Waals surface area contributed by atoms with Crippen molar-refractivity contribution in [1.29, 1.82) is 0 Å². The van der Waals surface area contributed by atoms with Gasteiger partial charge in [-0.05, 0) is 24.8 Å². The minimum absolute atomic E-state index is 0.363. The van der Waals surface area contributed by atoms with Crippen molar-refractivity contribution < 1.29 is 0 Å². The summed E-state index contributed by atoms with van der Waals surface area (Å²) in [5.74, 6) is 1.01. The van der Waals surface area contributed by atoms with Gasteiger partial charge in [-0.25, -0.2) is 9.67 Å². The Morgan fingerprint density at radius 3 is 3.12 bits per heavy atom. The van der Waals surface area contributed by atoms with E-state index in [9.17, 15) is 0 Å². The lowest BCUT2D eigenvalue weighted by Crippen LogP contribution is -2.20. The van der Waals surface area contributed by atoms with Gasteiger partial charge in [0, 0.05) is 17.5 Å². The van der Waals surface area contributed by atoms with Crippen molar-refractivity contribution in [3.63, 3.8) is 0 Å². The molecule has 4 nitrogen and oxygen atoms in total. The number of aryl methyl sites for hydroxylation is 1. The number of hydrogen-bond donors (Lipinski definition) is 1. The summed E-state index contributed by atoms with van der Waals surface area (Å²) in [5.41, 5.74) is 0. The van der Waals surface area contributed by atoms with Crippen LogP contribution < -0.4 is 5.32 Å². The molecule has 2 aromatic rings. The van der Waals surface area contributed by atoms with Crippen LogP contribution in [0.5, 0.6) is 0 Å². The van der Waals surface area contributed by atoms with Crippen LogP contribution in [-0.4, -0.2) is 14.8 Å². The van der Waals surface area contributed by atoms with Gasteiger partial charge in [-0.2, -0.15) is 5.10 Å². The van der Waals surface area contributed by atoms with Gasteiger partial charge < -0.3 is 5.32 Å². The fourth-order valence-electron chi connectivity index (χ4n) is 1.71. The zero-order chi connectivity index (χ0) is 12.1. The minimum atomic E-state index is 0.363. The largest absolute Gasteiger partial charge is 0.302 e. The molecule has 0 aliphatic carbocycles. The van der Waals surface area contributed by atoms with Crippen LogP contribution in [0.4, 0.5) is 0 Å². The highest BCUT2D eigenvalue weighted by Crippen LogP contribution is 2.18. The first-order valence-corrected chi connectivity index (χ1v) is 6.82. The monoisotopic (exact) mass is 250 g/mol. The smallest absolute Gasteiger partial charge is 0.140 e. The summed E-state index contributed by atoms with van der Waals surface area (Å²) in [6.07, 6.45) is 2.71. The summed E-state index contributed by atoms with van der Waals surface area (Å²) < 4.78 is 1.97. The molecule has 0 radical (unpaired) electrons. The molecule has 0 saturated heterocycles. The van der Waals surface area contributed by atoms with Gasteiger partial charge in [0.15, 0.2) is 0 Å². The van der Waals surface area contributed by atoms with Crippen molar-refractivity contribution in [3.8, 4) is 0 Å². The number of nitrogens with zero attached hydrogens (tertiary/aromatic N) is 3. The van der Waals surface area contributed by atoms with Gasteiger partial charge in [0.25, 0.3) is 0 Å². The van der Waals surface area contributed by atoms with E-state index >= 15 is 0 Å². The first-order valence-electron chi connectivity index (χ1n) is 5.94. The molecule has 0 aromatic carbocycles. The van der Waals surface area contributed by atoms with E-state index in [4.69, 9.17) is 0 Å². The van der Waals surface area contributed by atoms with Gasteiger partial charge in [-0.3, -0.25) is 0 Å². The Hall–Kier alpha value is -1.20. The van der Waals surface area contributed by atoms with E-state index in [1.807, 2.05) is 4.68 Å². The highest BCUT2D eigenvalue weighted by Gasteiger charge is 2.08. The molecular weight excluding hydrogens is 232 g/mol. The van der Waals surface area contributed by atoms with E-state index in [0.29, 0.717) is 6.04 Å². The van der Waals surface area contributed by atoms with Gasteiger partial charge in [0.1, 0.15) is 12.2 Å². The Morgan fingerprint density at radius 1 is 1.53 bits per heavy atom. The maximum absolute atomic E-state index is 4.28. The fraction of sp³-hybridized carbons (Fsp3) is 0.500. The second-order valence-corrected chi connectivity index (χ2v) is 5.00. The Morgan fingerprint density at radius 2 is 2.41 bits per heavy atom. The van der Waals surface area contributed by atoms with E-state index in [-0.39, 0.29) is 0 Å². The van der Waals surface area contributed by atoms with Crippen LogP contribution in [0.3, 0.4) is 0 Å². The molecule has 0 bridgehead atoms. The van der Waals surface area contributed by atoms with Gasteiger partial charge in [0.2, 0.25) is 0 Å². The van der Waals surface area contributed by atoms with Crippen LogP contribution >= 0.6 is 11.3 Å². The minimum Gasteiger partial charge on any atom is -0.302 e. The Balaban J connectivity index is 1.91. The summed E-state index contributed by atoms with van der Waals surface area (Å²) in [5, 5.41) is 9.79. The molecule has 0 aliphatic rings. The second kappa shape index (κ2) is 5.93. The van der Waals surface area contributed by atoms with Crippen molar-refractivity contribution in [3.05, 3.63) is 34.5 Å². The first-order chi connectivity index (χ1) is 8.31. The molecule has 0 spiro atoms. The number of hydrogen-bond acceptors (Lipinski definition) is 4. The Labute approximate surface area is 106 Å². The maximum atomic E-state index is 4.28. The normalized spacial score (nSPS) is 12.8. The van der Waals surface area contributed by atoms with E-state index in [1.165, 1.54) is 4.88 Å². The summed E-state index contributed by atoms with van der Waals surface area (Å²) in [4.78, 5) is 5.63. The number of thiophene rings is 1. The molecule has 0 aliphatic heterocycles. The average molecular weight is 250 g/mol. The third-order valence-electron chi connectivity index (χ3n) is 2.67. The molecule has 1 atom stereocenters. The van der Waals surface area contributed by atoms with E-state index in [2.05, 4.69) is 46.8 Å². The fourth-order valence-corrected chi connectivity index (χ4v) is 2.47. The summed E-state index contributed by atoms with van der Waals surface area (Å²) >= 11 is 1.78. The standard InChI is InChI=1S/C12H18N4S/c1-3-6-16-12(14-9-15-16)8-13-10(2)11-5-4-7-17-11/h4-5,7,9-10,13H,3,6,8H2,1-2H3. The highest BCUT2D eigenvalue weighted by molar-refractivity contribution is 7.10. The van der Waals surface area contributed by atoms with Crippen LogP contribution in [0, 0.1) is 0 Å². The van der Waals surface area contributed by atoms with E-state index in [0.717, 1.165) is 25.3 Å². The van der Waals surface area contributed by atoms with Gasteiger partial charge >= 0.3 is 0 Å². The first kappa shape index (κ1) is 12.3. The van der Waals surface area contributed by atoms with Gasteiger partial charge in [0.05, 0.1) is 6.54 Å². The second-order valence-electron chi connectivity index (χ2n) is 4.02. The molecule has 0 amide bonds. The molecular formula is C12H18N4S. The molecule has 0 saturated carbocycles. The van der Waals surface area contributed by atoms with Crippen molar-refractivity contribution in [2.45, 2.75) is 39.4 Å². The van der Waals surface area contributed by atoms with E-state index in [1.54, 1.807) is 17.7 Å². The van der Waals surface area contributed by atoms with Crippen molar-refractivity contribution in [2.75, 3.05) is 0 Å². The molecule has 0 fully saturated rings. The highest BCUT2D eigenvalue weighted by atomic mass is 32.1. The van der Waals surface area contributed by atoms with Crippen LogP contribution in [0.2, 0.25) is 0 Å². The van der Waals surface area contributed by atoms with Gasteiger partial charge in [-0.1, -0.05) is 13.0 Å². The lowest BCUT2D eigenvalue weighted by molar-refractivity contribution is 0.512. The van der Waals surface area contributed by atoms with Crippen molar-refractivity contribution in [2.24, 2.45) is 0 Å². The van der Waals surface area contributed by atoms with Gasteiger partial charge in [-0.15, -0.1) is 11.3 Å². The van der Waals surface area contributed by atoms with Crippen LogP contribution in [-0.2, 0) is 13.1 Å². The topological polar surface area (TPSA) is 42.7 Å². The Bertz CT molecular complexity index is 435. The number of rotatable bonds is 6. The summed E-state index contributed by atoms with van der Waals surface area (Å²) in [7, 11) is 0. The zero-order valence-corrected chi connectivity index (χ0v) is 11.1. The predicted octanol–water partition coefficient (Wildman–Crippen LogP) is 2.60. The lowest BCUT2D eigenvalue weighted by Gasteiger charge is -2.12. The van der Waals surface area contributed by atoms with Crippen LogP contribution in [0.1, 0.15) is 37.0 Å². The predicted molar refractivity (Wildman–Crippen MR) is 69.9 cm³/mol. The molecule has 2 rings (SSSR count). The molecule has 1 N–H and O–H groups in total. The Kier molecular flexibility index (Phi) is 4.28.